The zero-order valence-electron chi connectivity index (χ0n) is 10.6. The molecule has 94 valence electrons. The van der Waals surface area contributed by atoms with Crippen LogP contribution < -0.4 is 15.2 Å². The molecule has 1 aromatic carbocycles. The minimum absolute atomic E-state index is 0.305. The first kappa shape index (κ1) is 12.1. The van der Waals surface area contributed by atoms with Crippen LogP contribution in [0.2, 0.25) is 0 Å². The van der Waals surface area contributed by atoms with Crippen molar-refractivity contribution in [3.05, 3.63) is 18.2 Å². The van der Waals surface area contributed by atoms with Crippen LogP contribution in [0.5, 0.6) is 11.5 Å². The van der Waals surface area contributed by atoms with Crippen molar-refractivity contribution in [3.8, 4) is 11.5 Å². The number of anilines is 1. The number of benzene rings is 1. The van der Waals surface area contributed by atoms with Crippen molar-refractivity contribution in [1.82, 2.24) is 0 Å². The second kappa shape index (κ2) is 5.30. The van der Waals surface area contributed by atoms with Crippen LogP contribution in [-0.4, -0.2) is 13.2 Å². The van der Waals surface area contributed by atoms with Gasteiger partial charge >= 0.3 is 0 Å². The first-order valence-electron chi connectivity index (χ1n) is 6.31. The summed E-state index contributed by atoms with van der Waals surface area (Å²) in [6.07, 6.45) is 5.26. The molecule has 0 radical (unpaired) electrons. The Morgan fingerprint density at radius 3 is 2.65 bits per heavy atom. The van der Waals surface area contributed by atoms with Gasteiger partial charge in [-0.15, -0.1) is 0 Å². The van der Waals surface area contributed by atoms with Gasteiger partial charge in [0, 0.05) is 6.07 Å². The lowest BCUT2D eigenvalue weighted by Gasteiger charge is -2.29. The Labute approximate surface area is 103 Å². The zero-order chi connectivity index (χ0) is 12.3. The number of nitrogens with two attached hydrogens (primary N) is 1. The van der Waals surface area contributed by atoms with Crippen molar-refractivity contribution in [2.75, 3.05) is 12.8 Å². The van der Waals surface area contributed by atoms with E-state index in [1.54, 1.807) is 7.11 Å². The summed E-state index contributed by atoms with van der Waals surface area (Å²) in [5, 5.41) is 0. The van der Waals surface area contributed by atoms with E-state index >= 15 is 0 Å². The maximum atomic E-state index is 6.02. The summed E-state index contributed by atoms with van der Waals surface area (Å²) < 4.78 is 11.1. The highest BCUT2D eigenvalue weighted by Gasteiger charge is 2.23. The van der Waals surface area contributed by atoms with E-state index in [1.807, 2.05) is 18.2 Å². The van der Waals surface area contributed by atoms with Gasteiger partial charge in [-0.1, -0.05) is 13.3 Å². The Hall–Kier alpha value is -1.38. The summed E-state index contributed by atoms with van der Waals surface area (Å²) in [4.78, 5) is 0. The Kier molecular flexibility index (Phi) is 3.77. The highest BCUT2D eigenvalue weighted by atomic mass is 16.5. The maximum Gasteiger partial charge on any atom is 0.142 e. The smallest absolute Gasteiger partial charge is 0.142 e. The molecule has 1 aliphatic carbocycles. The molecule has 2 atom stereocenters. The molecule has 0 heterocycles. The van der Waals surface area contributed by atoms with Crippen molar-refractivity contribution < 1.29 is 9.47 Å². The fraction of sp³-hybridized carbons (Fsp3) is 0.571. The summed E-state index contributed by atoms with van der Waals surface area (Å²) in [5.74, 6) is 2.17. The van der Waals surface area contributed by atoms with Crippen molar-refractivity contribution >= 4 is 5.69 Å². The molecule has 1 fully saturated rings. The molecular formula is C14H21NO2. The molecule has 3 nitrogen and oxygen atoms in total. The highest BCUT2D eigenvalue weighted by molar-refractivity contribution is 5.56. The molecule has 2 N–H and O–H groups in total. The number of nitrogen functional groups attached to an aromatic ring is 1. The van der Waals surface area contributed by atoms with Gasteiger partial charge in [0.1, 0.15) is 17.6 Å². The van der Waals surface area contributed by atoms with Gasteiger partial charge in [-0.25, -0.2) is 0 Å². The van der Waals surface area contributed by atoms with Gasteiger partial charge in [-0.05, 0) is 37.3 Å². The molecule has 0 aliphatic heterocycles. The molecule has 3 heteroatoms. The molecule has 0 spiro atoms. The number of hydrogen-bond acceptors (Lipinski definition) is 3. The fourth-order valence-corrected chi connectivity index (χ4v) is 2.38. The molecule has 0 saturated heterocycles. The van der Waals surface area contributed by atoms with Crippen LogP contribution in [0.3, 0.4) is 0 Å². The summed E-state index contributed by atoms with van der Waals surface area (Å²) in [6.45, 7) is 2.25. The van der Waals surface area contributed by atoms with E-state index in [0.29, 0.717) is 17.7 Å². The van der Waals surface area contributed by atoms with E-state index in [1.165, 1.54) is 19.3 Å². The number of hydrogen-bond donors (Lipinski definition) is 1. The van der Waals surface area contributed by atoms with E-state index in [-0.39, 0.29) is 0 Å². The predicted octanol–water partition coefficient (Wildman–Crippen LogP) is 3.23. The minimum Gasteiger partial charge on any atom is -0.497 e. The number of rotatable bonds is 3. The largest absolute Gasteiger partial charge is 0.497 e. The Balaban J connectivity index is 2.07. The van der Waals surface area contributed by atoms with Crippen LogP contribution in [0.25, 0.3) is 0 Å². The molecule has 0 bridgehead atoms. The van der Waals surface area contributed by atoms with E-state index in [0.717, 1.165) is 17.9 Å². The molecule has 0 amide bonds. The number of ether oxygens (including phenoxy) is 2. The van der Waals surface area contributed by atoms with Crippen molar-refractivity contribution in [2.45, 2.75) is 38.7 Å². The van der Waals surface area contributed by atoms with Gasteiger partial charge in [0.05, 0.1) is 12.8 Å². The Morgan fingerprint density at radius 2 is 2.00 bits per heavy atom. The normalized spacial score (nSPS) is 24.4. The summed E-state index contributed by atoms with van der Waals surface area (Å²) in [6, 6.07) is 5.59. The summed E-state index contributed by atoms with van der Waals surface area (Å²) in [5.41, 5.74) is 6.61. The van der Waals surface area contributed by atoms with Crippen LogP contribution in [0.4, 0.5) is 5.69 Å². The van der Waals surface area contributed by atoms with Crippen molar-refractivity contribution in [2.24, 2.45) is 5.92 Å². The molecule has 2 rings (SSSR count). The van der Waals surface area contributed by atoms with Gasteiger partial charge in [-0.2, -0.15) is 0 Å². The van der Waals surface area contributed by atoms with Gasteiger partial charge in [-0.3, -0.25) is 0 Å². The van der Waals surface area contributed by atoms with Crippen LogP contribution >= 0.6 is 0 Å². The first-order chi connectivity index (χ1) is 8.20. The topological polar surface area (TPSA) is 44.5 Å². The van der Waals surface area contributed by atoms with E-state index in [4.69, 9.17) is 15.2 Å². The molecule has 1 saturated carbocycles. The summed E-state index contributed by atoms with van der Waals surface area (Å²) >= 11 is 0. The third kappa shape index (κ3) is 2.84. The fourth-order valence-electron chi connectivity index (χ4n) is 2.38. The zero-order valence-corrected chi connectivity index (χ0v) is 10.6. The average Bonchev–Trinajstić information content (AvgIpc) is 2.34. The third-order valence-corrected chi connectivity index (χ3v) is 3.53. The van der Waals surface area contributed by atoms with Crippen LogP contribution in [0, 0.1) is 5.92 Å². The van der Waals surface area contributed by atoms with Gasteiger partial charge < -0.3 is 15.2 Å². The average molecular weight is 235 g/mol. The molecule has 1 aliphatic rings. The Morgan fingerprint density at radius 1 is 1.24 bits per heavy atom. The first-order valence-corrected chi connectivity index (χ1v) is 6.31. The van der Waals surface area contributed by atoms with Crippen LogP contribution in [0.1, 0.15) is 32.6 Å². The molecule has 17 heavy (non-hydrogen) atoms. The molecule has 1 aromatic rings. The lowest BCUT2D eigenvalue weighted by atomic mass is 9.88. The lowest BCUT2D eigenvalue weighted by molar-refractivity contribution is 0.103. The maximum absolute atomic E-state index is 6.02. The SMILES string of the molecule is COc1ccc(OC2CCCCC2C)c(N)c1. The summed E-state index contributed by atoms with van der Waals surface area (Å²) in [7, 11) is 1.64. The number of methoxy groups -OCH3 is 1. The minimum atomic E-state index is 0.305. The third-order valence-electron chi connectivity index (χ3n) is 3.53. The predicted molar refractivity (Wildman–Crippen MR) is 69.5 cm³/mol. The van der Waals surface area contributed by atoms with Gasteiger partial charge in [0.15, 0.2) is 0 Å². The van der Waals surface area contributed by atoms with E-state index in [2.05, 4.69) is 6.92 Å². The second-order valence-electron chi connectivity index (χ2n) is 4.82. The van der Waals surface area contributed by atoms with Crippen molar-refractivity contribution in [1.29, 1.82) is 0 Å². The standard InChI is InChI=1S/C14H21NO2/c1-10-5-3-4-6-13(10)17-14-8-7-11(16-2)9-12(14)15/h7-10,13H,3-6,15H2,1-2H3. The highest BCUT2D eigenvalue weighted by Crippen LogP contribution is 2.32. The lowest BCUT2D eigenvalue weighted by Crippen LogP contribution is -2.28. The monoisotopic (exact) mass is 235 g/mol. The van der Waals surface area contributed by atoms with Crippen LogP contribution in [-0.2, 0) is 0 Å². The quantitative estimate of drug-likeness (QED) is 0.818. The molecule has 0 aromatic heterocycles. The van der Waals surface area contributed by atoms with E-state index < -0.39 is 0 Å². The Bertz CT molecular complexity index is 378. The van der Waals surface area contributed by atoms with Gasteiger partial charge in [0.2, 0.25) is 0 Å². The van der Waals surface area contributed by atoms with Gasteiger partial charge in [0.25, 0.3) is 0 Å². The van der Waals surface area contributed by atoms with Crippen LogP contribution in [0.15, 0.2) is 18.2 Å². The molecular weight excluding hydrogens is 214 g/mol. The van der Waals surface area contributed by atoms with E-state index in [9.17, 15) is 0 Å². The molecule has 2 unspecified atom stereocenters. The second-order valence-corrected chi connectivity index (χ2v) is 4.82. The van der Waals surface area contributed by atoms with Crippen molar-refractivity contribution in [3.63, 3.8) is 0 Å².